The maximum absolute atomic E-state index is 12.6. The third-order valence-electron chi connectivity index (χ3n) is 4.28. The minimum Gasteiger partial charge on any atom is -0.431 e. The summed E-state index contributed by atoms with van der Waals surface area (Å²) in [6, 6.07) is 12.3. The number of rotatable bonds is 7. The van der Waals surface area contributed by atoms with E-state index in [0.717, 1.165) is 11.3 Å². The first-order valence-electron chi connectivity index (χ1n) is 9.20. The summed E-state index contributed by atoms with van der Waals surface area (Å²) in [4.78, 5) is 7.42. The van der Waals surface area contributed by atoms with Crippen molar-refractivity contribution in [1.82, 2.24) is 9.97 Å². The van der Waals surface area contributed by atoms with E-state index < -0.39 is 27.9 Å². The fourth-order valence-electron chi connectivity index (χ4n) is 2.72. The molecule has 0 radical (unpaired) electrons. The summed E-state index contributed by atoms with van der Waals surface area (Å²) in [6.45, 7) is 0. The monoisotopic (exact) mass is 514 g/mol. The van der Waals surface area contributed by atoms with Crippen LogP contribution in [-0.2, 0) is 22.6 Å². The Morgan fingerprint density at radius 3 is 2.36 bits per heavy atom. The van der Waals surface area contributed by atoms with Crippen LogP contribution in [0.4, 0.5) is 30.0 Å². The lowest BCUT2D eigenvalue weighted by Gasteiger charge is -2.07. The highest BCUT2D eigenvalue weighted by molar-refractivity contribution is 7.92. The van der Waals surface area contributed by atoms with E-state index in [1.807, 2.05) is 34.4 Å². The number of alkyl halides is 3. The molecule has 0 fully saturated rings. The Hall–Kier alpha value is -3.09. The van der Waals surface area contributed by atoms with Crippen LogP contribution in [0.25, 0.3) is 0 Å². The SMILES string of the molecule is O=S(=O)(Nc1nc(C(F)(F)F)co1)c1ccc(Nc2nc(Cc3ccc(Cl)cc3)cs2)cc1. The maximum atomic E-state index is 12.6. The second-order valence-corrected chi connectivity index (χ2v) is 9.71. The van der Waals surface area contributed by atoms with Crippen LogP contribution in [0.15, 0.2) is 69.5 Å². The van der Waals surface area contributed by atoms with Crippen molar-refractivity contribution in [2.45, 2.75) is 17.5 Å². The van der Waals surface area contributed by atoms with Crippen LogP contribution in [0.3, 0.4) is 0 Å². The molecule has 0 unspecified atom stereocenters. The number of hydrogen-bond donors (Lipinski definition) is 2. The minimum atomic E-state index is -4.75. The average Bonchev–Trinajstić information content (AvgIpc) is 3.39. The molecule has 2 N–H and O–H groups in total. The van der Waals surface area contributed by atoms with Crippen LogP contribution in [0.2, 0.25) is 5.02 Å². The van der Waals surface area contributed by atoms with Gasteiger partial charge in [0.25, 0.3) is 10.0 Å². The lowest BCUT2D eigenvalue weighted by molar-refractivity contribution is -0.141. The number of oxazole rings is 1. The van der Waals surface area contributed by atoms with Crippen molar-refractivity contribution in [2.75, 3.05) is 10.0 Å². The smallest absolute Gasteiger partial charge is 0.431 e. The number of anilines is 3. The van der Waals surface area contributed by atoms with E-state index in [1.54, 1.807) is 0 Å². The molecule has 0 aliphatic rings. The van der Waals surface area contributed by atoms with Gasteiger partial charge in [0, 0.05) is 22.5 Å². The number of benzene rings is 2. The maximum Gasteiger partial charge on any atom is 0.436 e. The fraction of sp³-hybridized carbons (Fsp3) is 0.100. The van der Waals surface area contributed by atoms with E-state index in [2.05, 4.69) is 19.7 Å². The average molecular weight is 515 g/mol. The normalized spacial score (nSPS) is 12.0. The number of aromatic nitrogens is 2. The lowest BCUT2D eigenvalue weighted by atomic mass is 10.1. The molecular weight excluding hydrogens is 501 g/mol. The number of sulfonamides is 1. The van der Waals surface area contributed by atoms with Crippen molar-refractivity contribution in [2.24, 2.45) is 0 Å². The molecule has 2 aromatic heterocycles. The van der Waals surface area contributed by atoms with Crippen LogP contribution < -0.4 is 10.0 Å². The molecule has 0 amide bonds. The number of nitrogens with zero attached hydrogens (tertiary/aromatic N) is 2. The Labute approximate surface area is 195 Å². The molecule has 0 atom stereocenters. The first-order chi connectivity index (χ1) is 15.6. The lowest BCUT2D eigenvalue weighted by Crippen LogP contribution is -2.14. The van der Waals surface area contributed by atoms with Gasteiger partial charge in [0.2, 0.25) is 0 Å². The van der Waals surface area contributed by atoms with E-state index in [-0.39, 0.29) is 4.90 Å². The van der Waals surface area contributed by atoms with Gasteiger partial charge < -0.3 is 9.73 Å². The Morgan fingerprint density at radius 2 is 1.73 bits per heavy atom. The highest BCUT2D eigenvalue weighted by Crippen LogP contribution is 2.30. The van der Waals surface area contributed by atoms with E-state index in [0.29, 0.717) is 28.5 Å². The number of nitrogens with one attached hydrogen (secondary N) is 2. The Kier molecular flexibility index (Phi) is 6.32. The summed E-state index contributed by atoms with van der Waals surface area (Å²) in [6.07, 6.45) is -3.78. The first-order valence-corrected chi connectivity index (χ1v) is 11.9. The second kappa shape index (κ2) is 9.04. The van der Waals surface area contributed by atoms with Gasteiger partial charge in [0.15, 0.2) is 10.8 Å². The quantitative estimate of drug-likeness (QED) is 0.317. The zero-order valence-electron chi connectivity index (χ0n) is 16.4. The standard InChI is InChI=1S/C20H14ClF3N4O3S2/c21-13-3-1-12(2-4-13)9-15-11-32-19(26-15)25-14-5-7-16(8-6-14)33(29,30)28-18-27-17(10-31-18)20(22,23)24/h1-8,10-11H,9H2,(H,25,26)(H,27,28). The minimum absolute atomic E-state index is 0.178. The molecule has 0 saturated carbocycles. The van der Waals surface area contributed by atoms with Gasteiger partial charge in [-0.25, -0.2) is 18.1 Å². The highest BCUT2D eigenvalue weighted by Gasteiger charge is 2.35. The van der Waals surface area contributed by atoms with Crippen molar-refractivity contribution in [3.8, 4) is 0 Å². The molecule has 0 aliphatic heterocycles. The van der Waals surface area contributed by atoms with Gasteiger partial charge >= 0.3 is 12.2 Å². The predicted molar refractivity (Wildman–Crippen MR) is 118 cm³/mol. The number of thiazole rings is 1. The molecule has 4 rings (SSSR count). The summed E-state index contributed by atoms with van der Waals surface area (Å²) in [5.41, 5.74) is 1.17. The van der Waals surface area contributed by atoms with E-state index in [4.69, 9.17) is 11.6 Å². The van der Waals surface area contributed by atoms with E-state index in [1.165, 1.54) is 35.6 Å². The molecule has 13 heteroatoms. The van der Waals surface area contributed by atoms with Gasteiger partial charge in [-0.15, -0.1) is 11.3 Å². The molecule has 4 aromatic rings. The highest BCUT2D eigenvalue weighted by atomic mass is 35.5. The topological polar surface area (TPSA) is 97.1 Å². The van der Waals surface area contributed by atoms with Crippen LogP contribution in [0, 0.1) is 0 Å². The molecule has 0 saturated heterocycles. The van der Waals surface area contributed by atoms with Gasteiger partial charge in [-0.05, 0) is 42.0 Å². The number of hydrogen-bond acceptors (Lipinski definition) is 7. The molecule has 7 nitrogen and oxygen atoms in total. The van der Waals surface area contributed by atoms with E-state index in [9.17, 15) is 21.6 Å². The van der Waals surface area contributed by atoms with E-state index >= 15 is 0 Å². The Morgan fingerprint density at radius 1 is 1.03 bits per heavy atom. The second-order valence-electron chi connectivity index (χ2n) is 6.74. The van der Waals surface area contributed by atoms with Crippen molar-refractivity contribution < 1.29 is 26.0 Å². The Bertz CT molecular complexity index is 1350. The van der Waals surface area contributed by atoms with Crippen molar-refractivity contribution in [3.05, 3.63) is 82.1 Å². The van der Waals surface area contributed by atoms with Crippen LogP contribution >= 0.6 is 22.9 Å². The molecule has 2 aromatic carbocycles. The van der Waals surface area contributed by atoms with Crippen LogP contribution in [0.5, 0.6) is 0 Å². The third-order valence-corrected chi connectivity index (χ3v) is 6.68. The summed E-state index contributed by atoms with van der Waals surface area (Å²) in [5, 5.41) is 6.27. The number of halogens is 4. The van der Waals surface area contributed by atoms with Gasteiger partial charge in [-0.2, -0.15) is 18.2 Å². The fourth-order valence-corrected chi connectivity index (χ4v) is 4.51. The summed E-state index contributed by atoms with van der Waals surface area (Å²) in [7, 11) is -4.19. The van der Waals surface area contributed by atoms with Crippen molar-refractivity contribution >= 4 is 49.8 Å². The molecule has 33 heavy (non-hydrogen) atoms. The zero-order chi connectivity index (χ0) is 23.6. The molecular formula is C20H14ClF3N4O3S2. The first kappa shape index (κ1) is 23.1. The Balaban J connectivity index is 1.40. The van der Waals surface area contributed by atoms with Crippen LogP contribution in [-0.4, -0.2) is 18.4 Å². The largest absolute Gasteiger partial charge is 0.436 e. The molecule has 2 heterocycles. The molecule has 172 valence electrons. The zero-order valence-corrected chi connectivity index (χ0v) is 18.8. The van der Waals surface area contributed by atoms with Gasteiger partial charge in [0.1, 0.15) is 6.26 Å². The summed E-state index contributed by atoms with van der Waals surface area (Å²) in [5.74, 6) is 0. The molecule has 0 bridgehead atoms. The van der Waals surface area contributed by atoms with Crippen LogP contribution in [0.1, 0.15) is 17.0 Å². The van der Waals surface area contributed by atoms with Crippen molar-refractivity contribution in [1.29, 1.82) is 0 Å². The summed E-state index contributed by atoms with van der Waals surface area (Å²) < 4.78 is 69.0. The molecule has 0 aliphatic carbocycles. The van der Waals surface area contributed by atoms with Gasteiger partial charge in [0.05, 0.1) is 10.6 Å². The van der Waals surface area contributed by atoms with Gasteiger partial charge in [-0.1, -0.05) is 23.7 Å². The predicted octanol–water partition coefficient (Wildman–Crippen LogP) is 5.94. The van der Waals surface area contributed by atoms with Gasteiger partial charge in [-0.3, -0.25) is 0 Å². The summed E-state index contributed by atoms with van der Waals surface area (Å²) >= 11 is 7.28. The van der Waals surface area contributed by atoms with Crippen molar-refractivity contribution in [3.63, 3.8) is 0 Å². The molecule has 0 spiro atoms. The third kappa shape index (κ3) is 5.83.